The van der Waals surface area contributed by atoms with Gasteiger partial charge in [-0.25, -0.2) is 0 Å². The van der Waals surface area contributed by atoms with E-state index in [1.54, 1.807) is 0 Å². The van der Waals surface area contributed by atoms with Gasteiger partial charge in [-0.1, -0.05) is 37.3 Å². The highest BCUT2D eigenvalue weighted by molar-refractivity contribution is 7.15. The maximum Gasteiger partial charge on any atom is 0.419 e. The predicted octanol–water partition coefficient (Wildman–Crippen LogP) is 3.70. The SMILES string of the molecule is CC(C)c1nnc(NC(=O)COc2ccccc2C(F)(F)F)s1. The fourth-order valence-corrected chi connectivity index (χ4v) is 2.41. The normalized spacial score (nSPS) is 11.6. The molecule has 0 bridgehead atoms. The molecule has 0 aliphatic rings. The lowest BCUT2D eigenvalue weighted by Crippen LogP contribution is -2.21. The van der Waals surface area contributed by atoms with Crippen LogP contribution in [0.15, 0.2) is 24.3 Å². The highest BCUT2D eigenvalue weighted by Crippen LogP contribution is 2.35. The number of amides is 1. The van der Waals surface area contributed by atoms with Crippen LogP contribution in [0, 0.1) is 0 Å². The Morgan fingerprint density at radius 2 is 2.00 bits per heavy atom. The molecule has 1 amide bonds. The van der Waals surface area contributed by atoms with E-state index in [0.717, 1.165) is 17.1 Å². The monoisotopic (exact) mass is 345 g/mol. The molecule has 5 nitrogen and oxygen atoms in total. The number of benzene rings is 1. The lowest BCUT2D eigenvalue weighted by Gasteiger charge is -2.13. The van der Waals surface area contributed by atoms with Gasteiger partial charge in [0, 0.05) is 5.92 Å². The van der Waals surface area contributed by atoms with Gasteiger partial charge >= 0.3 is 6.18 Å². The van der Waals surface area contributed by atoms with Crippen LogP contribution in [0.1, 0.15) is 30.3 Å². The summed E-state index contributed by atoms with van der Waals surface area (Å²) in [6.45, 7) is 3.32. The Kier molecular flexibility index (Phi) is 5.19. The zero-order chi connectivity index (χ0) is 17.0. The second-order valence-corrected chi connectivity index (χ2v) is 5.94. The minimum absolute atomic E-state index is 0.174. The van der Waals surface area contributed by atoms with E-state index in [0.29, 0.717) is 0 Å². The summed E-state index contributed by atoms with van der Waals surface area (Å²) in [6.07, 6.45) is -4.54. The number of carbonyl (C=O) groups excluding carboxylic acids is 1. The molecule has 0 radical (unpaired) electrons. The third-order valence-corrected chi connectivity index (χ3v) is 3.87. The number of aromatic nitrogens is 2. The molecule has 1 aromatic carbocycles. The summed E-state index contributed by atoms with van der Waals surface area (Å²) in [5, 5.41) is 11.2. The van der Waals surface area contributed by atoms with Crippen LogP contribution in [0.4, 0.5) is 18.3 Å². The van der Waals surface area contributed by atoms with Gasteiger partial charge < -0.3 is 4.74 Å². The fourth-order valence-electron chi connectivity index (χ4n) is 1.64. The molecule has 0 saturated carbocycles. The Morgan fingerprint density at radius 3 is 2.61 bits per heavy atom. The van der Waals surface area contributed by atoms with Gasteiger partial charge in [0.2, 0.25) is 5.13 Å². The van der Waals surface area contributed by atoms with E-state index in [2.05, 4.69) is 15.5 Å². The van der Waals surface area contributed by atoms with Crippen molar-refractivity contribution >= 4 is 22.4 Å². The van der Waals surface area contributed by atoms with Crippen molar-refractivity contribution in [3.8, 4) is 5.75 Å². The van der Waals surface area contributed by atoms with Crippen LogP contribution >= 0.6 is 11.3 Å². The smallest absolute Gasteiger partial charge is 0.419 e. The second kappa shape index (κ2) is 6.95. The van der Waals surface area contributed by atoms with E-state index in [1.165, 1.54) is 23.5 Å². The largest absolute Gasteiger partial charge is 0.483 e. The van der Waals surface area contributed by atoms with Crippen LogP contribution < -0.4 is 10.1 Å². The molecule has 0 spiro atoms. The van der Waals surface area contributed by atoms with E-state index in [1.807, 2.05) is 13.8 Å². The van der Waals surface area contributed by atoms with Crippen molar-refractivity contribution in [1.29, 1.82) is 0 Å². The van der Waals surface area contributed by atoms with Crippen LogP contribution in [-0.2, 0) is 11.0 Å². The van der Waals surface area contributed by atoms with Crippen LogP contribution in [0.25, 0.3) is 0 Å². The Morgan fingerprint density at radius 1 is 1.30 bits per heavy atom. The molecule has 0 unspecified atom stereocenters. The molecule has 124 valence electrons. The van der Waals surface area contributed by atoms with Crippen LogP contribution in [0.3, 0.4) is 0 Å². The van der Waals surface area contributed by atoms with E-state index >= 15 is 0 Å². The molecule has 0 aliphatic heterocycles. The maximum atomic E-state index is 12.8. The van der Waals surface area contributed by atoms with E-state index in [4.69, 9.17) is 4.74 Å². The minimum Gasteiger partial charge on any atom is -0.483 e. The zero-order valence-corrected chi connectivity index (χ0v) is 13.2. The highest BCUT2D eigenvalue weighted by atomic mass is 32.1. The standard InChI is InChI=1S/C14H14F3N3O2S/c1-8(2)12-19-20-13(23-12)18-11(21)7-22-10-6-4-3-5-9(10)14(15,16)17/h3-6,8H,7H2,1-2H3,(H,18,20,21). The lowest BCUT2D eigenvalue weighted by molar-refractivity contribution is -0.139. The number of anilines is 1. The summed E-state index contributed by atoms with van der Waals surface area (Å²) >= 11 is 1.21. The quantitative estimate of drug-likeness (QED) is 0.897. The van der Waals surface area contributed by atoms with Crippen molar-refractivity contribution in [1.82, 2.24) is 10.2 Å². The summed E-state index contributed by atoms with van der Waals surface area (Å²) in [5.74, 6) is -0.822. The summed E-state index contributed by atoms with van der Waals surface area (Å²) in [5.41, 5.74) is -0.925. The number of ether oxygens (including phenoxy) is 1. The molecule has 2 rings (SSSR count). The summed E-state index contributed by atoms with van der Waals surface area (Å²) in [7, 11) is 0. The number of carbonyl (C=O) groups is 1. The van der Waals surface area contributed by atoms with Crippen LogP contribution in [0.5, 0.6) is 5.75 Å². The number of halogens is 3. The number of alkyl halides is 3. The first kappa shape index (κ1) is 17.2. The van der Waals surface area contributed by atoms with Crippen molar-refractivity contribution in [2.75, 3.05) is 11.9 Å². The van der Waals surface area contributed by atoms with Crippen molar-refractivity contribution in [2.45, 2.75) is 25.9 Å². The first-order valence-corrected chi connectivity index (χ1v) is 7.51. The number of para-hydroxylation sites is 1. The summed E-state index contributed by atoms with van der Waals surface area (Å²) in [4.78, 5) is 11.7. The van der Waals surface area contributed by atoms with E-state index < -0.39 is 30.0 Å². The molecule has 2 aromatic rings. The van der Waals surface area contributed by atoms with E-state index in [9.17, 15) is 18.0 Å². The van der Waals surface area contributed by atoms with Crippen molar-refractivity contribution in [3.63, 3.8) is 0 Å². The maximum absolute atomic E-state index is 12.8. The van der Waals surface area contributed by atoms with Gasteiger partial charge in [-0.05, 0) is 12.1 Å². The number of nitrogens with one attached hydrogen (secondary N) is 1. The van der Waals surface area contributed by atoms with Gasteiger partial charge in [-0.15, -0.1) is 10.2 Å². The molecule has 1 heterocycles. The lowest BCUT2D eigenvalue weighted by atomic mass is 10.2. The average molecular weight is 345 g/mol. The Labute approximate surface area is 134 Å². The van der Waals surface area contributed by atoms with Gasteiger partial charge in [-0.2, -0.15) is 13.2 Å². The molecular formula is C14H14F3N3O2S. The van der Waals surface area contributed by atoms with Crippen molar-refractivity contribution in [3.05, 3.63) is 34.8 Å². The molecule has 1 N–H and O–H groups in total. The number of hydrogen-bond acceptors (Lipinski definition) is 5. The summed E-state index contributed by atoms with van der Waals surface area (Å²) in [6, 6.07) is 4.72. The van der Waals surface area contributed by atoms with Gasteiger partial charge in [0.15, 0.2) is 6.61 Å². The topological polar surface area (TPSA) is 64.1 Å². The first-order valence-electron chi connectivity index (χ1n) is 6.69. The second-order valence-electron chi connectivity index (χ2n) is 4.93. The van der Waals surface area contributed by atoms with Crippen molar-refractivity contribution < 1.29 is 22.7 Å². The molecule has 0 atom stereocenters. The van der Waals surface area contributed by atoms with Crippen LogP contribution in [-0.4, -0.2) is 22.7 Å². The van der Waals surface area contributed by atoms with Gasteiger partial charge in [0.1, 0.15) is 10.8 Å². The number of hydrogen-bond donors (Lipinski definition) is 1. The van der Waals surface area contributed by atoms with Gasteiger partial charge in [-0.3, -0.25) is 10.1 Å². The third-order valence-electron chi connectivity index (χ3n) is 2.73. The van der Waals surface area contributed by atoms with Gasteiger partial charge in [0.05, 0.1) is 5.56 Å². The molecule has 0 aliphatic carbocycles. The molecule has 9 heteroatoms. The Hall–Kier alpha value is -2.16. The molecule has 0 saturated heterocycles. The number of rotatable bonds is 5. The molecule has 0 fully saturated rings. The molecular weight excluding hydrogens is 331 g/mol. The third kappa shape index (κ3) is 4.65. The number of nitrogens with zero attached hydrogens (tertiary/aromatic N) is 2. The fraction of sp³-hybridized carbons (Fsp3) is 0.357. The molecule has 23 heavy (non-hydrogen) atoms. The Balaban J connectivity index is 1.97. The Bertz CT molecular complexity index is 686. The van der Waals surface area contributed by atoms with Gasteiger partial charge in [0.25, 0.3) is 5.91 Å². The average Bonchev–Trinajstić information content (AvgIpc) is 2.93. The highest BCUT2D eigenvalue weighted by Gasteiger charge is 2.34. The first-order chi connectivity index (χ1) is 10.8. The van der Waals surface area contributed by atoms with Crippen LogP contribution in [0.2, 0.25) is 0 Å². The summed E-state index contributed by atoms with van der Waals surface area (Å²) < 4.78 is 43.4. The minimum atomic E-state index is -4.54. The molecule has 1 aromatic heterocycles. The van der Waals surface area contributed by atoms with Crippen molar-refractivity contribution in [2.24, 2.45) is 0 Å². The zero-order valence-electron chi connectivity index (χ0n) is 12.3. The van der Waals surface area contributed by atoms with E-state index in [-0.39, 0.29) is 11.0 Å². The predicted molar refractivity (Wildman–Crippen MR) is 79.6 cm³/mol.